The molecular formula is C7H10O2. The second-order valence-electron chi connectivity index (χ2n) is 2.43. The van der Waals surface area contributed by atoms with Crippen LogP contribution in [0.15, 0.2) is 12.2 Å². The molecule has 0 aromatic rings. The highest BCUT2D eigenvalue weighted by Crippen LogP contribution is 2.22. The summed E-state index contributed by atoms with van der Waals surface area (Å²) in [6, 6.07) is 0. The number of rotatable bonds is 1. The topological polar surface area (TPSA) is 37.3 Å². The molecule has 1 rings (SSSR count). The van der Waals surface area contributed by atoms with Gasteiger partial charge in [-0.3, -0.25) is 4.79 Å². The summed E-state index contributed by atoms with van der Waals surface area (Å²) in [5, 5.41) is 9.36. The van der Waals surface area contributed by atoms with Gasteiger partial charge < -0.3 is 5.11 Å². The molecule has 1 N–H and O–H groups in total. The summed E-state index contributed by atoms with van der Waals surface area (Å²) < 4.78 is 0. The van der Waals surface area contributed by atoms with Gasteiger partial charge in [0.1, 0.15) is 0 Å². The van der Waals surface area contributed by atoms with E-state index in [2.05, 4.69) is 0 Å². The highest BCUT2D eigenvalue weighted by Gasteiger charge is 2.28. The van der Waals surface area contributed by atoms with Gasteiger partial charge in [-0.25, -0.2) is 0 Å². The van der Waals surface area contributed by atoms with Gasteiger partial charge in [0.25, 0.3) is 0 Å². The lowest BCUT2D eigenvalue weighted by molar-refractivity contribution is -0.116. The van der Waals surface area contributed by atoms with E-state index in [1.165, 1.54) is 6.08 Å². The third kappa shape index (κ3) is 1.19. The van der Waals surface area contributed by atoms with Crippen LogP contribution >= 0.6 is 0 Å². The van der Waals surface area contributed by atoms with Crippen molar-refractivity contribution in [2.45, 2.75) is 25.4 Å². The summed E-state index contributed by atoms with van der Waals surface area (Å²) in [4.78, 5) is 10.6. The van der Waals surface area contributed by atoms with Crippen LogP contribution in [0.25, 0.3) is 0 Å². The smallest absolute Gasteiger partial charge is 0.158 e. The van der Waals surface area contributed by atoms with Gasteiger partial charge in [0.15, 0.2) is 5.78 Å². The van der Waals surface area contributed by atoms with Gasteiger partial charge in [-0.1, -0.05) is 6.92 Å². The SMILES string of the molecule is CCC1(O)C=CC(=O)C1. The largest absolute Gasteiger partial charge is 0.385 e. The molecular weight excluding hydrogens is 116 g/mol. The first-order chi connectivity index (χ1) is 4.16. The van der Waals surface area contributed by atoms with Crippen LogP contribution in [0.2, 0.25) is 0 Å². The van der Waals surface area contributed by atoms with E-state index in [1.54, 1.807) is 6.08 Å². The maximum Gasteiger partial charge on any atom is 0.158 e. The van der Waals surface area contributed by atoms with E-state index < -0.39 is 5.60 Å². The van der Waals surface area contributed by atoms with Gasteiger partial charge in [0.05, 0.1) is 5.60 Å². The minimum atomic E-state index is -0.822. The zero-order valence-corrected chi connectivity index (χ0v) is 5.42. The zero-order valence-electron chi connectivity index (χ0n) is 5.42. The molecule has 0 aliphatic heterocycles. The molecule has 9 heavy (non-hydrogen) atoms. The number of ketones is 1. The van der Waals surface area contributed by atoms with Crippen molar-refractivity contribution in [2.24, 2.45) is 0 Å². The molecule has 0 bridgehead atoms. The third-order valence-electron chi connectivity index (χ3n) is 1.67. The Morgan fingerprint density at radius 3 is 2.78 bits per heavy atom. The van der Waals surface area contributed by atoms with E-state index >= 15 is 0 Å². The second kappa shape index (κ2) is 1.95. The Balaban J connectivity index is 2.68. The fourth-order valence-electron chi connectivity index (χ4n) is 0.910. The molecule has 1 aliphatic carbocycles. The fraction of sp³-hybridized carbons (Fsp3) is 0.571. The van der Waals surface area contributed by atoms with Crippen LogP contribution in [0.4, 0.5) is 0 Å². The number of carbonyl (C=O) groups is 1. The van der Waals surface area contributed by atoms with Gasteiger partial charge in [-0.15, -0.1) is 0 Å². The molecule has 1 atom stereocenters. The number of aliphatic hydroxyl groups is 1. The van der Waals surface area contributed by atoms with Gasteiger partial charge >= 0.3 is 0 Å². The van der Waals surface area contributed by atoms with E-state index in [1.807, 2.05) is 6.92 Å². The minimum absolute atomic E-state index is 0.0272. The number of allylic oxidation sites excluding steroid dienone is 1. The van der Waals surface area contributed by atoms with E-state index in [0.29, 0.717) is 6.42 Å². The monoisotopic (exact) mass is 126 g/mol. The van der Waals surface area contributed by atoms with E-state index in [0.717, 1.165) is 0 Å². The Bertz CT molecular complexity index is 160. The first-order valence-electron chi connectivity index (χ1n) is 3.11. The fourth-order valence-corrected chi connectivity index (χ4v) is 0.910. The molecule has 0 heterocycles. The van der Waals surface area contributed by atoms with Crippen molar-refractivity contribution in [1.82, 2.24) is 0 Å². The van der Waals surface area contributed by atoms with Crippen molar-refractivity contribution in [3.63, 3.8) is 0 Å². The van der Waals surface area contributed by atoms with Gasteiger partial charge in [-0.2, -0.15) is 0 Å². The van der Waals surface area contributed by atoms with Crippen molar-refractivity contribution in [2.75, 3.05) is 0 Å². The van der Waals surface area contributed by atoms with Crippen LogP contribution in [0, 0.1) is 0 Å². The summed E-state index contributed by atoms with van der Waals surface area (Å²) in [7, 11) is 0. The van der Waals surface area contributed by atoms with Crippen molar-refractivity contribution < 1.29 is 9.90 Å². The molecule has 1 unspecified atom stereocenters. The van der Waals surface area contributed by atoms with Crippen LogP contribution in [-0.4, -0.2) is 16.5 Å². The zero-order chi connectivity index (χ0) is 6.91. The minimum Gasteiger partial charge on any atom is -0.385 e. The molecule has 0 saturated carbocycles. The third-order valence-corrected chi connectivity index (χ3v) is 1.67. The van der Waals surface area contributed by atoms with Crippen LogP contribution in [0.1, 0.15) is 19.8 Å². The summed E-state index contributed by atoms with van der Waals surface area (Å²) >= 11 is 0. The Hall–Kier alpha value is -0.630. The molecule has 0 radical (unpaired) electrons. The molecule has 0 fully saturated rings. The van der Waals surface area contributed by atoms with E-state index in [9.17, 15) is 9.90 Å². The van der Waals surface area contributed by atoms with Crippen LogP contribution < -0.4 is 0 Å². The first kappa shape index (κ1) is 6.49. The molecule has 0 aromatic heterocycles. The van der Waals surface area contributed by atoms with Crippen LogP contribution in [0.5, 0.6) is 0 Å². The van der Waals surface area contributed by atoms with Crippen molar-refractivity contribution in [1.29, 1.82) is 0 Å². The molecule has 0 saturated heterocycles. The summed E-state index contributed by atoms with van der Waals surface area (Å²) in [6.07, 6.45) is 3.91. The summed E-state index contributed by atoms with van der Waals surface area (Å²) in [6.45, 7) is 1.86. The Morgan fingerprint density at radius 1 is 1.89 bits per heavy atom. The maximum atomic E-state index is 10.6. The lowest BCUT2D eigenvalue weighted by Crippen LogP contribution is -2.22. The Kier molecular flexibility index (Phi) is 1.41. The molecule has 2 heteroatoms. The maximum absolute atomic E-state index is 10.6. The molecule has 50 valence electrons. The Morgan fingerprint density at radius 2 is 2.56 bits per heavy atom. The number of hydrogen-bond acceptors (Lipinski definition) is 2. The predicted octanol–water partition coefficient (Wildman–Crippen LogP) is 0.656. The average Bonchev–Trinajstić information content (AvgIpc) is 2.13. The van der Waals surface area contributed by atoms with Crippen molar-refractivity contribution in [3.8, 4) is 0 Å². The van der Waals surface area contributed by atoms with Crippen LogP contribution in [-0.2, 0) is 4.79 Å². The predicted molar refractivity (Wildman–Crippen MR) is 34.0 cm³/mol. The lowest BCUT2D eigenvalue weighted by atomic mass is 10.0. The first-order valence-corrected chi connectivity index (χ1v) is 3.11. The van der Waals surface area contributed by atoms with Crippen molar-refractivity contribution in [3.05, 3.63) is 12.2 Å². The standard InChI is InChI=1S/C7H10O2/c1-2-7(9)4-3-6(8)5-7/h3-4,9H,2,5H2,1H3. The molecule has 0 spiro atoms. The average molecular weight is 126 g/mol. The highest BCUT2D eigenvalue weighted by molar-refractivity contribution is 5.93. The Labute approximate surface area is 54.2 Å². The molecule has 0 aromatic carbocycles. The summed E-state index contributed by atoms with van der Waals surface area (Å²) in [5.41, 5.74) is -0.822. The number of hydrogen-bond donors (Lipinski definition) is 1. The van der Waals surface area contributed by atoms with E-state index in [4.69, 9.17) is 0 Å². The molecule has 0 amide bonds. The normalized spacial score (nSPS) is 33.8. The van der Waals surface area contributed by atoms with E-state index in [-0.39, 0.29) is 12.2 Å². The van der Waals surface area contributed by atoms with Gasteiger partial charge in [0, 0.05) is 6.42 Å². The molecule has 1 aliphatic rings. The summed E-state index contributed by atoms with van der Waals surface area (Å²) in [5.74, 6) is 0.0272. The van der Waals surface area contributed by atoms with Gasteiger partial charge in [-0.05, 0) is 18.6 Å². The van der Waals surface area contributed by atoms with Crippen LogP contribution in [0.3, 0.4) is 0 Å². The van der Waals surface area contributed by atoms with Crippen molar-refractivity contribution >= 4 is 5.78 Å². The highest BCUT2D eigenvalue weighted by atomic mass is 16.3. The molecule has 2 nitrogen and oxygen atoms in total. The lowest BCUT2D eigenvalue weighted by Gasteiger charge is -2.15. The van der Waals surface area contributed by atoms with Gasteiger partial charge in [0.2, 0.25) is 0 Å². The number of carbonyl (C=O) groups excluding carboxylic acids is 1. The second-order valence-corrected chi connectivity index (χ2v) is 2.43. The quantitative estimate of drug-likeness (QED) is 0.560.